The van der Waals surface area contributed by atoms with E-state index in [-0.39, 0.29) is 25.8 Å². The van der Waals surface area contributed by atoms with Crippen molar-refractivity contribution in [3.05, 3.63) is 59.7 Å². The predicted octanol–water partition coefficient (Wildman–Crippen LogP) is 4.51. The maximum atomic E-state index is 13.5. The van der Waals surface area contributed by atoms with Crippen LogP contribution in [0.25, 0.3) is 11.1 Å². The molecule has 1 saturated heterocycles. The smallest absolute Gasteiger partial charge is 0.405 e. The van der Waals surface area contributed by atoms with Gasteiger partial charge in [0.2, 0.25) is 5.91 Å². The van der Waals surface area contributed by atoms with E-state index in [9.17, 15) is 27.3 Å². The zero-order valence-corrected chi connectivity index (χ0v) is 20.1. The first-order chi connectivity index (χ1) is 17.0. The van der Waals surface area contributed by atoms with E-state index < -0.39 is 43.8 Å². The van der Waals surface area contributed by atoms with Crippen molar-refractivity contribution in [3.8, 4) is 11.1 Å². The highest BCUT2D eigenvalue weighted by Gasteiger charge is 2.49. The van der Waals surface area contributed by atoms with E-state index in [1.807, 2.05) is 24.3 Å². The normalized spacial score (nSPS) is 22.4. The zero-order chi connectivity index (χ0) is 26.0. The van der Waals surface area contributed by atoms with Crippen molar-refractivity contribution in [2.75, 3.05) is 25.9 Å². The molecular formula is C24H26F3N2O6P. The fourth-order valence-electron chi connectivity index (χ4n) is 4.82. The molecule has 2 amide bonds. The van der Waals surface area contributed by atoms with Crippen LogP contribution in [-0.2, 0) is 28.6 Å². The van der Waals surface area contributed by atoms with Gasteiger partial charge in [-0.05, 0) is 35.1 Å². The van der Waals surface area contributed by atoms with Gasteiger partial charge in [-0.1, -0.05) is 55.0 Å². The van der Waals surface area contributed by atoms with Crippen molar-refractivity contribution in [1.29, 1.82) is 0 Å². The molecule has 0 bridgehead atoms. The van der Waals surface area contributed by atoms with Gasteiger partial charge < -0.3 is 24.8 Å². The molecule has 0 spiro atoms. The Kier molecular flexibility index (Phi) is 7.45. The van der Waals surface area contributed by atoms with Gasteiger partial charge in [0.15, 0.2) is 6.10 Å². The molecule has 0 unspecified atom stereocenters. The molecule has 2 aromatic rings. The molecule has 4 rings (SSSR count). The Morgan fingerprint density at radius 2 is 1.58 bits per heavy atom. The molecule has 1 heterocycles. The molecule has 2 aliphatic rings. The number of carbonyl (C=O) groups excluding carboxylic acids is 2. The summed E-state index contributed by atoms with van der Waals surface area (Å²) in [5.41, 5.74) is 6.49. The van der Waals surface area contributed by atoms with E-state index in [4.69, 9.17) is 19.5 Å². The Morgan fingerprint density at radius 1 is 1.03 bits per heavy atom. The standard InChI is InChI=1S/C24H26F3N2O6P/c25-24(26,27)15-29-21(30)23(19-9-3-1-7-17(19)18-8-2-4-10-20(18)23)11-5-6-12-36(32)33-13-16(14-34-36)35-22(28)31/h1-4,7-10,16H,5-6,11-15H2,(H2,28,31)(H,29,30). The lowest BCUT2D eigenvalue weighted by Crippen LogP contribution is -2.47. The van der Waals surface area contributed by atoms with E-state index in [0.29, 0.717) is 24.0 Å². The molecule has 0 radical (unpaired) electrons. The molecule has 0 aromatic heterocycles. The van der Waals surface area contributed by atoms with Crippen LogP contribution in [0.3, 0.4) is 0 Å². The number of benzene rings is 2. The summed E-state index contributed by atoms with van der Waals surface area (Å²) in [5, 5.41) is 2.09. The number of amides is 2. The van der Waals surface area contributed by atoms with Crippen LogP contribution < -0.4 is 11.1 Å². The molecule has 12 heteroatoms. The number of unbranched alkanes of at least 4 members (excludes halogenated alkanes) is 1. The maximum Gasteiger partial charge on any atom is 0.405 e. The fourth-order valence-corrected chi connectivity index (χ4v) is 6.55. The third-order valence-corrected chi connectivity index (χ3v) is 8.28. The van der Waals surface area contributed by atoms with E-state index in [1.54, 1.807) is 24.3 Å². The number of halogens is 3. The van der Waals surface area contributed by atoms with Crippen LogP contribution in [-0.4, -0.2) is 50.2 Å². The third-order valence-electron chi connectivity index (χ3n) is 6.33. The summed E-state index contributed by atoms with van der Waals surface area (Å²) in [6.45, 7) is -1.68. The molecule has 0 atom stereocenters. The molecule has 3 N–H and O–H groups in total. The Bertz CT molecular complexity index is 1130. The second-order valence-corrected chi connectivity index (χ2v) is 10.9. The average Bonchev–Trinajstić information content (AvgIpc) is 3.12. The average molecular weight is 526 g/mol. The van der Waals surface area contributed by atoms with E-state index >= 15 is 0 Å². The summed E-state index contributed by atoms with van der Waals surface area (Å²) in [6, 6.07) is 14.4. The number of rotatable bonds is 8. The van der Waals surface area contributed by atoms with Crippen LogP contribution in [0.15, 0.2) is 48.5 Å². The number of fused-ring (bicyclic) bond motifs is 3. The van der Waals surface area contributed by atoms with Crippen molar-refractivity contribution in [2.24, 2.45) is 5.73 Å². The first kappa shape index (κ1) is 26.2. The first-order valence-electron chi connectivity index (χ1n) is 11.4. The van der Waals surface area contributed by atoms with Gasteiger partial charge in [0.1, 0.15) is 12.0 Å². The molecule has 2 aromatic carbocycles. The lowest BCUT2D eigenvalue weighted by Gasteiger charge is -2.32. The predicted molar refractivity (Wildman–Crippen MR) is 124 cm³/mol. The zero-order valence-electron chi connectivity index (χ0n) is 19.3. The van der Waals surface area contributed by atoms with Gasteiger partial charge >= 0.3 is 19.9 Å². The van der Waals surface area contributed by atoms with Gasteiger partial charge in [-0.3, -0.25) is 9.36 Å². The van der Waals surface area contributed by atoms with Crippen LogP contribution in [0.1, 0.15) is 30.4 Å². The molecule has 36 heavy (non-hydrogen) atoms. The Hall–Kier alpha value is -2.88. The van der Waals surface area contributed by atoms with Gasteiger partial charge in [0.25, 0.3) is 0 Å². The number of nitrogens with one attached hydrogen (secondary N) is 1. The van der Waals surface area contributed by atoms with Crippen molar-refractivity contribution in [3.63, 3.8) is 0 Å². The van der Waals surface area contributed by atoms with Crippen LogP contribution in [0.4, 0.5) is 18.0 Å². The van der Waals surface area contributed by atoms with Gasteiger partial charge in [-0.25, -0.2) is 4.79 Å². The minimum absolute atomic E-state index is 0.0415. The van der Waals surface area contributed by atoms with Crippen LogP contribution in [0.5, 0.6) is 0 Å². The lowest BCUT2D eigenvalue weighted by atomic mass is 9.73. The summed E-state index contributed by atoms with van der Waals surface area (Å²) >= 11 is 0. The van der Waals surface area contributed by atoms with Gasteiger partial charge in [-0.2, -0.15) is 13.2 Å². The number of ether oxygens (including phenoxy) is 1. The van der Waals surface area contributed by atoms with E-state index in [0.717, 1.165) is 11.1 Å². The molecule has 1 aliphatic heterocycles. The highest BCUT2D eigenvalue weighted by Crippen LogP contribution is 2.54. The number of hydrogen-bond acceptors (Lipinski definition) is 6. The van der Waals surface area contributed by atoms with Crippen LogP contribution in [0.2, 0.25) is 0 Å². The summed E-state index contributed by atoms with van der Waals surface area (Å²) < 4.78 is 67.1. The fraction of sp³-hybridized carbons (Fsp3) is 0.417. The molecular weight excluding hydrogens is 500 g/mol. The monoisotopic (exact) mass is 526 g/mol. The summed E-state index contributed by atoms with van der Waals surface area (Å²) in [6.07, 6.45) is -5.37. The number of alkyl halides is 3. The molecule has 194 valence electrons. The molecule has 1 fully saturated rings. The summed E-state index contributed by atoms with van der Waals surface area (Å²) in [5.74, 6) is -0.736. The minimum Gasteiger partial charge on any atom is -0.441 e. The maximum absolute atomic E-state index is 13.5. The number of primary amides is 1. The van der Waals surface area contributed by atoms with E-state index in [2.05, 4.69) is 5.32 Å². The van der Waals surface area contributed by atoms with Crippen LogP contribution in [0, 0.1) is 0 Å². The number of nitrogens with two attached hydrogens (primary N) is 1. The summed E-state index contributed by atoms with van der Waals surface area (Å²) in [4.78, 5) is 24.3. The Morgan fingerprint density at radius 3 is 2.11 bits per heavy atom. The minimum atomic E-state index is -4.56. The van der Waals surface area contributed by atoms with Crippen molar-refractivity contribution < 1.29 is 41.1 Å². The van der Waals surface area contributed by atoms with Gasteiger partial charge in [0, 0.05) is 0 Å². The number of carbonyl (C=O) groups is 2. The quantitative estimate of drug-likeness (QED) is 0.386. The first-order valence-corrected chi connectivity index (χ1v) is 13.2. The molecule has 1 aliphatic carbocycles. The van der Waals surface area contributed by atoms with Gasteiger partial charge in [-0.15, -0.1) is 0 Å². The third kappa shape index (κ3) is 5.43. The second kappa shape index (κ2) is 10.2. The summed E-state index contributed by atoms with van der Waals surface area (Å²) in [7, 11) is -3.45. The SMILES string of the molecule is NC(=O)OC1COP(=O)(CCCCC2(C(=O)NCC(F)(F)F)c3ccccc3-c3ccccc32)OC1. The second-order valence-electron chi connectivity index (χ2n) is 8.74. The molecule has 8 nitrogen and oxygen atoms in total. The largest absolute Gasteiger partial charge is 0.441 e. The van der Waals surface area contributed by atoms with Gasteiger partial charge in [0.05, 0.1) is 19.4 Å². The molecule has 0 saturated carbocycles. The lowest BCUT2D eigenvalue weighted by molar-refractivity contribution is -0.141. The Balaban J connectivity index is 1.52. The van der Waals surface area contributed by atoms with Crippen molar-refractivity contribution in [2.45, 2.75) is 37.0 Å². The van der Waals surface area contributed by atoms with Crippen molar-refractivity contribution in [1.82, 2.24) is 5.32 Å². The highest BCUT2D eigenvalue weighted by molar-refractivity contribution is 7.53. The highest BCUT2D eigenvalue weighted by atomic mass is 31.2. The topological polar surface area (TPSA) is 117 Å². The van der Waals surface area contributed by atoms with Crippen molar-refractivity contribution >= 4 is 19.6 Å². The Labute approximate surface area is 205 Å². The van der Waals surface area contributed by atoms with Crippen LogP contribution >= 0.6 is 7.60 Å². The van der Waals surface area contributed by atoms with E-state index in [1.165, 1.54) is 0 Å². The number of hydrogen-bond donors (Lipinski definition) is 2.